The number of aromatic nitrogens is 2. The minimum atomic E-state index is -0.0182. The summed E-state index contributed by atoms with van der Waals surface area (Å²) in [7, 11) is 1.82. The largest absolute Gasteiger partial charge is 0.416 e. The highest BCUT2D eigenvalue weighted by atomic mass is 32.1. The van der Waals surface area contributed by atoms with Gasteiger partial charge in [-0.15, -0.1) is 21.5 Å². The lowest BCUT2D eigenvalue weighted by Crippen LogP contribution is -2.26. The second kappa shape index (κ2) is 8.01. The number of carbonyl (C=O) groups is 1. The summed E-state index contributed by atoms with van der Waals surface area (Å²) >= 11 is 1.67. The maximum atomic E-state index is 12.7. The molecule has 0 bridgehead atoms. The van der Waals surface area contributed by atoms with Crippen LogP contribution in [0.4, 0.5) is 0 Å². The van der Waals surface area contributed by atoms with Gasteiger partial charge in [-0.1, -0.05) is 17.7 Å². The maximum absolute atomic E-state index is 12.7. The van der Waals surface area contributed by atoms with Crippen LogP contribution in [0, 0.1) is 13.8 Å². The van der Waals surface area contributed by atoms with Gasteiger partial charge >= 0.3 is 0 Å². The van der Waals surface area contributed by atoms with E-state index in [0.29, 0.717) is 23.9 Å². The molecule has 29 heavy (non-hydrogen) atoms. The molecule has 2 aromatic carbocycles. The second-order valence-corrected chi connectivity index (χ2v) is 8.05. The van der Waals surface area contributed by atoms with Gasteiger partial charge in [0, 0.05) is 28.6 Å². The van der Waals surface area contributed by atoms with Gasteiger partial charge in [0.25, 0.3) is 5.91 Å². The molecular weight excluding hydrogens is 382 g/mol. The number of hydrogen-bond acceptors (Lipinski definition) is 5. The van der Waals surface area contributed by atoms with E-state index in [9.17, 15) is 4.79 Å². The Morgan fingerprint density at radius 1 is 1.00 bits per heavy atom. The van der Waals surface area contributed by atoms with E-state index < -0.39 is 0 Å². The zero-order chi connectivity index (χ0) is 20.4. The van der Waals surface area contributed by atoms with Crippen molar-refractivity contribution in [2.24, 2.45) is 0 Å². The topological polar surface area (TPSA) is 59.2 Å². The highest BCUT2D eigenvalue weighted by molar-refractivity contribution is 7.10. The molecule has 0 aliphatic rings. The van der Waals surface area contributed by atoms with Crippen LogP contribution in [0.2, 0.25) is 0 Å². The van der Waals surface area contributed by atoms with Crippen molar-refractivity contribution >= 4 is 17.2 Å². The number of aryl methyl sites for hydroxylation is 2. The smallest absolute Gasteiger partial charge is 0.253 e. The number of nitrogens with zero attached hydrogens (tertiary/aromatic N) is 3. The molecule has 1 amide bonds. The SMILES string of the molecule is Cc1cccc(-c2nnc(-c3ccc(C(=O)N(C)Cc4sccc4C)cc3)o2)c1. The summed E-state index contributed by atoms with van der Waals surface area (Å²) in [5, 5.41) is 10.3. The van der Waals surface area contributed by atoms with E-state index in [2.05, 4.69) is 23.2 Å². The van der Waals surface area contributed by atoms with Crippen LogP contribution >= 0.6 is 11.3 Å². The Balaban J connectivity index is 1.49. The van der Waals surface area contributed by atoms with Crippen molar-refractivity contribution in [2.45, 2.75) is 20.4 Å². The van der Waals surface area contributed by atoms with Gasteiger partial charge in [-0.3, -0.25) is 4.79 Å². The molecule has 0 aliphatic carbocycles. The highest BCUT2D eigenvalue weighted by Gasteiger charge is 2.15. The molecule has 0 atom stereocenters. The van der Waals surface area contributed by atoms with E-state index in [0.717, 1.165) is 16.7 Å². The van der Waals surface area contributed by atoms with Crippen molar-refractivity contribution in [1.29, 1.82) is 0 Å². The van der Waals surface area contributed by atoms with Gasteiger partial charge in [-0.05, 0) is 67.3 Å². The Hall–Kier alpha value is -3.25. The number of rotatable bonds is 5. The van der Waals surface area contributed by atoms with Crippen LogP contribution in [0.3, 0.4) is 0 Å². The normalized spacial score (nSPS) is 10.9. The Bertz CT molecular complexity index is 1140. The molecule has 2 aromatic heterocycles. The number of amides is 1. The molecule has 4 aromatic rings. The van der Waals surface area contributed by atoms with Gasteiger partial charge in [-0.25, -0.2) is 0 Å². The standard InChI is InChI=1S/C23H21N3O2S/c1-15-5-4-6-19(13-15)22-25-24-21(28-22)17-7-9-18(10-8-17)23(27)26(3)14-20-16(2)11-12-29-20/h4-13H,14H2,1-3H3. The minimum absolute atomic E-state index is 0.0182. The van der Waals surface area contributed by atoms with Crippen molar-refractivity contribution in [3.8, 4) is 22.9 Å². The first kappa shape index (κ1) is 19.1. The average molecular weight is 404 g/mol. The molecule has 0 saturated heterocycles. The van der Waals surface area contributed by atoms with Crippen LogP contribution in [-0.2, 0) is 6.54 Å². The summed E-state index contributed by atoms with van der Waals surface area (Å²) in [4.78, 5) is 15.7. The first-order chi connectivity index (χ1) is 14.0. The zero-order valence-corrected chi connectivity index (χ0v) is 17.4. The van der Waals surface area contributed by atoms with E-state index >= 15 is 0 Å². The average Bonchev–Trinajstić information content (AvgIpc) is 3.37. The van der Waals surface area contributed by atoms with Crippen molar-refractivity contribution in [3.05, 3.63) is 81.5 Å². The van der Waals surface area contributed by atoms with Gasteiger partial charge in [0.15, 0.2) is 0 Å². The zero-order valence-electron chi connectivity index (χ0n) is 16.5. The molecule has 0 unspecified atom stereocenters. The fraction of sp³-hybridized carbons (Fsp3) is 0.174. The summed E-state index contributed by atoms with van der Waals surface area (Å²) in [5.74, 6) is 0.897. The lowest BCUT2D eigenvalue weighted by Gasteiger charge is -2.17. The summed E-state index contributed by atoms with van der Waals surface area (Å²) in [6, 6.07) is 17.3. The van der Waals surface area contributed by atoms with E-state index in [1.165, 1.54) is 10.4 Å². The monoisotopic (exact) mass is 403 g/mol. The van der Waals surface area contributed by atoms with Crippen molar-refractivity contribution < 1.29 is 9.21 Å². The Labute approximate surface area is 173 Å². The lowest BCUT2D eigenvalue weighted by molar-refractivity contribution is 0.0786. The molecule has 0 saturated carbocycles. The molecule has 6 heteroatoms. The predicted octanol–water partition coefficient (Wildman–Crippen LogP) is 5.35. The second-order valence-electron chi connectivity index (χ2n) is 7.05. The van der Waals surface area contributed by atoms with Gasteiger partial charge in [-0.2, -0.15) is 0 Å². The number of carbonyl (C=O) groups excluding carboxylic acids is 1. The van der Waals surface area contributed by atoms with Crippen molar-refractivity contribution in [3.63, 3.8) is 0 Å². The molecule has 2 heterocycles. The van der Waals surface area contributed by atoms with Gasteiger partial charge in [0.1, 0.15) is 0 Å². The van der Waals surface area contributed by atoms with Crippen LogP contribution in [-0.4, -0.2) is 28.1 Å². The van der Waals surface area contributed by atoms with Crippen LogP contribution in [0.15, 0.2) is 64.4 Å². The molecule has 5 nitrogen and oxygen atoms in total. The third-order valence-electron chi connectivity index (χ3n) is 4.76. The van der Waals surface area contributed by atoms with E-state index in [4.69, 9.17) is 4.42 Å². The quantitative estimate of drug-likeness (QED) is 0.450. The van der Waals surface area contributed by atoms with E-state index in [1.54, 1.807) is 28.4 Å². The van der Waals surface area contributed by atoms with Crippen LogP contribution < -0.4 is 0 Å². The molecular formula is C23H21N3O2S. The first-order valence-corrected chi connectivity index (χ1v) is 10.2. The van der Waals surface area contributed by atoms with Gasteiger partial charge in [0.05, 0.1) is 6.54 Å². The lowest BCUT2D eigenvalue weighted by atomic mass is 10.1. The molecule has 4 rings (SSSR count). The third kappa shape index (κ3) is 4.12. The predicted molar refractivity (Wildman–Crippen MR) is 115 cm³/mol. The fourth-order valence-corrected chi connectivity index (χ4v) is 4.02. The molecule has 0 aliphatic heterocycles. The Kier molecular flexibility index (Phi) is 5.27. The Morgan fingerprint density at radius 3 is 2.38 bits per heavy atom. The molecule has 0 N–H and O–H groups in total. The summed E-state index contributed by atoms with van der Waals surface area (Å²) in [5.41, 5.74) is 4.65. The Morgan fingerprint density at radius 2 is 1.72 bits per heavy atom. The fourth-order valence-electron chi connectivity index (χ4n) is 3.06. The molecule has 0 fully saturated rings. The van der Waals surface area contributed by atoms with Crippen LogP contribution in [0.5, 0.6) is 0 Å². The van der Waals surface area contributed by atoms with Crippen LogP contribution in [0.1, 0.15) is 26.4 Å². The molecule has 0 spiro atoms. The van der Waals surface area contributed by atoms with Crippen molar-refractivity contribution in [2.75, 3.05) is 7.05 Å². The van der Waals surface area contributed by atoms with Crippen LogP contribution in [0.25, 0.3) is 22.9 Å². The number of thiophene rings is 1. The minimum Gasteiger partial charge on any atom is -0.416 e. The number of benzene rings is 2. The first-order valence-electron chi connectivity index (χ1n) is 9.30. The van der Waals surface area contributed by atoms with Gasteiger partial charge < -0.3 is 9.32 Å². The summed E-state index contributed by atoms with van der Waals surface area (Å²) in [6.45, 7) is 4.69. The van der Waals surface area contributed by atoms with E-state index in [-0.39, 0.29) is 5.91 Å². The summed E-state index contributed by atoms with van der Waals surface area (Å²) < 4.78 is 5.83. The van der Waals surface area contributed by atoms with Gasteiger partial charge in [0.2, 0.25) is 11.8 Å². The number of hydrogen-bond donors (Lipinski definition) is 0. The third-order valence-corrected chi connectivity index (χ3v) is 5.77. The van der Waals surface area contributed by atoms with E-state index in [1.807, 2.05) is 55.7 Å². The highest BCUT2D eigenvalue weighted by Crippen LogP contribution is 2.25. The van der Waals surface area contributed by atoms with Crippen molar-refractivity contribution in [1.82, 2.24) is 15.1 Å². The molecule has 146 valence electrons. The summed E-state index contributed by atoms with van der Waals surface area (Å²) in [6.07, 6.45) is 0. The maximum Gasteiger partial charge on any atom is 0.253 e. The molecule has 0 radical (unpaired) electrons.